The van der Waals surface area contributed by atoms with Gasteiger partial charge >= 0.3 is 6.09 Å². The van der Waals surface area contributed by atoms with Gasteiger partial charge in [-0.3, -0.25) is 5.32 Å². The Morgan fingerprint density at radius 2 is 1.67 bits per heavy atom. The van der Waals surface area contributed by atoms with Gasteiger partial charge in [0.1, 0.15) is 5.60 Å². The van der Waals surface area contributed by atoms with Crippen LogP contribution in [0.15, 0.2) is 18.2 Å². The molecule has 1 heterocycles. The van der Waals surface area contributed by atoms with E-state index in [0.717, 1.165) is 0 Å². The number of ether oxygens (including phenoxy) is 1. The number of alkyl halides is 2. The Labute approximate surface area is 156 Å². The van der Waals surface area contributed by atoms with E-state index in [2.05, 4.69) is 37.2 Å². The molecule has 0 atom stereocenters. The van der Waals surface area contributed by atoms with Crippen LogP contribution in [0.2, 0.25) is 0 Å². The third-order valence-electron chi connectivity index (χ3n) is 3.13. The summed E-state index contributed by atoms with van der Waals surface area (Å²) in [6.45, 7) is 5.26. The van der Waals surface area contributed by atoms with Crippen LogP contribution in [0, 0.1) is 10.4 Å². The molecule has 1 amide bonds. The predicted molar refractivity (Wildman–Crippen MR) is 97.0 cm³/mol. The zero-order chi connectivity index (χ0) is 18.1. The summed E-state index contributed by atoms with van der Waals surface area (Å²) in [4.78, 5) is 11.8. The minimum Gasteiger partial charge on any atom is -0.618 e. The Morgan fingerprint density at radius 3 is 2.17 bits per heavy atom. The second-order valence-corrected chi connectivity index (χ2v) is 7.20. The molecule has 130 valence electrons. The first kappa shape index (κ1) is 18.7. The van der Waals surface area contributed by atoms with Gasteiger partial charge < -0.3 is 15.2 Å². The van der Waals surface area contributed by atoms with Crippen LogP contribution in [0.3, 0.4) is 0 Å². The highest BCUT2D eigenvalue weighted by atomic mass is 79.9. The minimum atomic E-state index is -0.634. The van der Waals surface area contributed by atoms with Gasteiger partial charge in [-0.2, -0.15) is 9.46 Å². The van der Waals surface area contributed by atoms with Crippen molar-refractivity contribution < 1.29 is 19.0 Å². The van der Waals surface area contributed by atoms with E-state index in [-0.39, 0.29) is 21.7 Å². The summed E-state index contributed by atoms with van der Waals surface area (Å²) in [7, 11) is 0. The second kappa shape index (κ2) is 7.10. The molecule has 0 spiro atoms. The van der Waals surface area contributed by atoms with Gasteiger partial charge in [-0.15, -0.1) is 0 Å². The lowest BCUT2D eigenvalue weighted by molar-refractivity contribution is -0.638. The lowest BCUT2D eigenvalue weighted by atomic mass is 10.2. The molecule has 0 aliphatic carbocycles. The fourth-order valence-corrected chi connectivity index (χ4v) is 3.25. The van der Waals surface area contributed by atoms with Crippen LogP contribution in [-0.2, 0) is 15.4 Å². The van der Waals surface area contributed by atoms with Crippen molar-refractivity contribution in [2.75, 3.05) is 5.32 Å². The molecule has 2 aromatic rings. The van der Waals surface area contributed by atoms with Crippen LogP contribution < -0.4 is 14.8 Å². The summed E-state index contributed by atoms with van der Waals surface area (Å²) < 4.78 is 6.58. The molecule has 1 aromatic heterocycles. The standard InChI is InChI=1S/C15H17Br2N3O4/c1-15(2,3)24-14(21)18-9-4-5-10-11(6-9)20(23)13(8-17)12(7-16)19(10)22/h4-6H,7-8H2,1-3H3,(H,18,21). The topological polar surface area (TPSA) is 92.2 Å². The van der Waals surface area contributed by atoms with E-state index in [1.165, 1.54) is 12.1 Å². The monoisotopic (exact) mass is 461 g/mol. The molecule has 0 aliphatic rings. The van der Waals surface area contributed by atoms with Crippen LogP contribution in [0.25, 0.3) is 11.0 Å². The van der Waals surface area contributed by atoms with Crippen molar-refractivity contribution in [1.29, 1.82) is 0 Å². The molecule has 0 unspecified atom stereocenters. The maximum atomic E-state index is 12.5. The molecule has 24 heavy (non-hydrogen) atoms. The maximum Gasteiger partial charge on any atom is 0.412 e. The van der Waals surface area contributed by atoms with Crippen LogP contribution in [0.5, 0.6) is 0 Å². The van der Waals surface area contributed by atoms with Gasteiger partial charge in [0.05, 0.1) is 16.3 Å². The predicted octanol–water partition coefficient (Wildman–Crippen LogP) is 3.24. The van der Waals surface area contributed by atoms with Crippen molar-refractivity contribution in [3.05, 3.63) is 40.0 Å². The number of carbonyl (C=O) groups is 1. The number of carbonyl (C=O) groups excluding carboxylic acids is 1. The highest BCUT2D eigenvalue weighted by Crippen LogP contribution is 2.19. The zero-order valence-electron chi connectivity index (χ0n) is 13.4. The summed E-state index contributed by atoms with van der Waals surface area (Å²) in [6, 6.07) is 4.49. The van der Waals surface area contributed by atoms with Gasteiger partial charge in [-0.1, -0.05) is 31.9 Å². The normalized spacial score (nSPS) is 11.5. The quantitative estimate of drug-likeness (QED) is 0.430. The van der Waals surface area contributed by atoms with Gasteiger partial charge in [0, 0.05) is 12.1 Å². The van der Waals surface area contributed by atoms with Crippen molar-refractivity contribution in [2.24, 2.45) is 0 Å². The zero-order valence-corrected chi connectivity index (χ0v) is 16.6. The first-order chi connectivity index (χ1) is 11.2. The minimum absolute atomic E-state index is 0.165. The number of nitrogens with one attached hydrogen (secondary N) is 1. The fourth-order valence-electron chi connectivity index (χ4n) is 2.15. The summed E-state index contributed by atoms with van der Waals surface area (Å²) >= 11 is 6.46. The molecule has 0 bridgehead atoms. The molecule has 0 fully saturated rings. The van der Waals surface area contributed by atoms with E-state index in [0.29, 0.717) is 26.5 Å². The summed E-state index contributed by atoms with van der Waals surface area (Å²) in [6.07, 6.45) is -0.632. The molecular formula is C15H17Br2N3O4. The Morgan fingerprint density at radius 1 is 1.12 bits per heavy atom. The van der Waals surface area contributed by atoms with Crippen molar-refractivity contribution >= 4 is 54.7 Å². The fraction of sp³-hybridized carbons (Fsp3) is 0.400. The van der Waals surface area contributed by atoms with Crippen molar-refractivity contribution in [3.8, 4) is 0 Å². The van der Waals surface area contributed by atoms with E-state index in [4.69, 9.17) is 4.74 Å². The van der Waals surface area contributed by atoms with E-state index in [1.807, 2.05) is 0 Å². The summed E-state index contributed by atoms with van der Waals surface area (Å²) in [5.41, 5.74) is 0.766. The van der Waals surface area contributed by atoms with Gasteiger partial charge in [-0.05, 0) is 26.8 Å². The van der Waals surface area contributed by atoms with E-state index < -0.39 is 11.7 Å². The average molecular weight is 463 g/mol. The first-order valence-electron chi connectivity index (χ1n) is 7.10. The number of nitrogens with zero attached hydrogens (tertiary/aromatic N) is 2. The van der Waals surface area contributed by atoms with Gasteiger partial charge in [0.15, 0.2) is 0 Å². The molecule has 0 aliphatic heterocycles. The van der Waals surface area contributed by atoms with E-state index in [9.17, 15) is 15.2 Å². The number of hydrogen-bond donors (Lipinski definition) is 1. The maximum absolute atomic E-state index is 12.5. The number of aromatic nitrogens is 2. The highest BCUT2D eigenvalue weighted by molar-refractivity contribution is 9.09. The van der Waals surface area contributed by atoms with Gasteiger partial charge in [0.25, 0.3) is 22.4 Å². The number of amides is 1. The lowest BCUT2D eigenvalue weighted by Gasteiger charge is -2.19. The number of anilines is 1. The third kappa shape index (κ3) is 3.89. The van der Waals surface area contributed by atoms with Crippen LogP contribution >= 0.6 is 31.9 Å². The Bertz CT molecular complexity index is 791. The molecule has 0 saturated heterocycles. The summed E-state index contributed by atoms with van der Waals surface area (Å²) in [5.74, 6) is 0. The molecule has 7 nitrogen and oxygen atoms in total. The number of benzene rings is 1. The largest absolute Gasteiger partial charge is 0.618 e. The third-order valence-corrected chi connectivity index (χ3v) is 4.20. The van der Waals surface area contributed by atoms with Crippen molar-refractivity contribution in [2.45, 2.75) is 37.0 Å². The first-order valence-corrected chi connectivity index (χ1v) is 9.34. The number of rotatable bonds is 3. The Kier molecular flexibility index (Phi) is 5.54. The van der Waals surface area contributed by atoms with Crippen LogP contribution in [0.1, 0.15) is 32.2 Å². The number of hydrogen-bond acceptors (Lipinski definition) is 4. The Balaban J connectivity index is 2.48. The average Bonchev–Trinajstić information content (AvgIpc) is 2.48. The van der Waals surface area contributed by atoms with Crippen LogP contribution in [-0.4, -0.2) is 11.7 Å². The van der Waals surface area contributed by atoms with E-state index in [1.54, 1.807) is 26.8 Å². The number of halogens is 2. The van der Waals surface area contributed by atoms with Crippen molar-refractivity contribution in [1.82, 2.24) is 0 Å². The molecular weight excluding hydrogens is 446 g/mol. The Hall–Kier alpha value is -1.61. The van der Waals surface area contributed by atoms with Gasteiger partial charge in [0.2, 0.25) is 0 Å². The highest BCUT2D eigenvalue weighted by Gasteiger charge is 2.27. The molecule has 0 radical (unpaired) electrons. The summed E-state index contributed by atoms with van der Waals surface area (Å²) in [5, 5.41) is 28.0. The lowest BCUT2D eigenvalue weighted by Crippen LogP contribution is -2.45. The second-order valence-electron chi connectivity index (χ2n) is 6.08. The van der Waals surface area contributed by atoms with E-state index >= 15 is 0 Å². The smallest absolute Gasteiger partial charge is 0.412 e. The van der Waals surface area contributed by atoms with Crippen molar-refractivity contribution in [3.63, 3.8) is 0 Å². The molecule has 9 heteroatoms. The molecule has 2 rings (SSSR count). The molecule has 1 aromatic carbocycles. The SMILES string of the molecule is CC(C)(C)OC(=O)Nc1ccc2c(c1)[n+]([O-])c(CBr)c(CBr)[n+]2[O-]. The molecule has 1 N–H and O–H groups in total. The molecule has 0 saturated carbocycles. The van der Waals surface area contributed by atoms with Gasteiger partial charge in [-0.25, -0.2) is 4.79 Å². The van der Waals surface area contributed by atoms with Crippen LogP contribution in [0.4, 0.5) is 10.5 Å². The number of fused-ring (bicyclic) bond motifs is 1.